The Morgan fingerprint density at radius 1 is 1.38 bits per heavy atom. The molecule has 3 rings (SSSR count). The largest absolute Gasteiger partial charge is 0.462 e. The number of benzene rings is 1. The van der Waals surface area contributed by atoms with Crippen LogP contribution in [0.25, 0.3) is 22.0 Å². The number of carbonyl (C=O) groups excluding carboxylic acids is 1. The fourth-order valence-corrected chi connectivity index (χ4v) is 1.75. The molecule has 5 heteroatoms. The lowest BCUT2D eigenvalue weighted by molar-refractivity contribution is 0.100. The summed E-state index contributed by atoms with van der Waals surface area (Å²) in [5.74, 6) is -0.503. The molecule has 0 unspecified atom stereocenters. The van der Waals surface area contributed by atoms with E-state index in [1.54, 1.807) is 18.2 Å². The van der Waals surface area contributed by atoms with Crippen LogP contribution in [-0.2, 0) is 0 Å². The van der Waals surface area contributed by atoms with E-state index >= 15 is 0 Å². The van der Waals surface area contributed by atoms with Crippen molar-refractivity contribution in [3.8, 4) is 0 Å². The maximum Gasteiger partial charge on any atom is 0.249 e. The molecule has 0 aliphatic carbocycles. The van der Waals surface area contributed by atoms with Crippen molar-refractivity contribution < 1.29 is 9.21 Å². The normalized spacial score (nSPS) is 11.0. The molecule has 0 aliphatic heterocycles. The lowest BCUT2D eigenvalue weighted by Gasteiger charge is -2.02. The third kappa shape index (κ3) is 1.08. The first-order valence-corrected chi connectivity index (χ1v) is 4.68. The van der Waals surface area contributed by atoms with Crippen molar-refractivity contribution >= 4 is 27.9 Å². The average molecular weight is 213 g/mol. The fraction of sp³-hybridized carbons (Fsp3) is 0. The van der Waals surface area contributed by atoms with Crippen LogP contribution in [0.5, 0.6) is 0 Å². The lowest BCUT2D eigenvalue weighted by Crippen LogP contribution is -2.11. The summed E-state index contributed by atoms with van der Waals surface area (Å²) in [5, 5.41) is 0.656. The van der Waals surface area contributed by atoms with Gasteiger partial charge in [0.1, 0.15) is 11.8 Å². The summed E-state index contributed by atoms with van der Waals surface area (Å²) in [7, 11) is 0. The van der Waals surface area contributed by atoms with E-state index in [4.69, 9.17) is 10.2 Å². The van der Waals surface area contributed by atoms with Crippen molar-refractivity contribution in [3.63, 3.8) is 0 Å². The molecule has 0 fully saturated rings. The summed E-state index contributed by atoms with van der Waals surface area (Å²) < 4.78 is 5.36. The fourth-order valence-electron chi connectivity index (χ4n) is 1.75. The number of nitrogens with two attached hydrogens (primary N) is 1. The Labute approximate surface area is 89.9 Å². The van der Waals surface area contributed by atoms with Crippen LogP contribution in [-0.4, -0.2) is 15.9 Å². The van der Waals surface area contributed by atoms with Crippen molar-refractivity contribution in [2.45, 2.75) is 0 Å². The van der Waals surface area contributed by atoms with Gasteiger partial charge in [-0.2, -0.15) is 0 Å². The minimum atomic E-state index is -0.503. The Bertz CT molecular complexity index is 703. The third-order valence-corrected chi connectivity index (χ3v) is 2.45. The van der Waals surface area contributed by atoms with E-state index in [-0.39, 0.29) is 0 Å². The summed E-state index contributed by atoms with van der Waals surface area (Å²) >= 11 is 0. The van der Waals surface area contributed by atoms with Crippen molar-refractivity contribution in [1.82, 2.24) is 9.97 Å². The van der Waals surface area contributed by atoms with E-state index in [1.165, 1.54) is 12.6 Å². The summed E-state index contributed by atoms with van der Waals surface area (Å²) in [6.45, 7) is 0. The maximum absolute atomic E-state index is 11.3. The number of carbonyl (C=O) groups is 1. The molecule has 0 bridgehead atoms. The second-order valence-electron chi connectivity index (χ2n) is 3.39. The zero-order chi connectivity index (χ0) is 11.1. The molecule has 3 aromatic rings. The summed E-state index contributed by atoms with van der Waals surface area (Å²) in [6, 6.07) is 5.10. The van der Waals surface area contributed by atoms with Crippen LogP contribution in [0.15, 0.2) is 35.2 Å². The first-order valence-electron chi connectivity index (χ1n) is 4.68. The smallest absolute Gasteiger partial charge is 0.249 e. The minimum Gasteiger partial charge on any atom is -0.462 e. The van der Waals surface area contributed by atoms with Crippen molar-refractivity contribution in [3.05, 3.63) is 36.4 Å². The zero-order valence-corrected chi connectivity index (χ0v) is 8.18. The van der Waals surface area contributed by atoms with Crippen LogP contribution in [0.4, 0.5) is 0 Å². The highest BCUT2D eigenvalue weighted by molar-refractivity contribution is 6.12. The molecule has 0 saturated heterocycles. The highest BCUT2D eigenvalue weighted by Gasteiger charge is 2.13. The number of imidazole rings is 1. The second kappa shape index (κ2) is 3.03. The number of primary amides is 1. The Kier molecular flexibility index (Phi) is 1.67. The third-order valence-electron chi connectivity index (χ3n) is 2.45. The first-order chi connectivity index (χ1) is 7.77. The lowest BCUT2D eigenvalue weighted by atomic mass is 10.1. The van der Waals surface area contributed by atoms with Crippen LogP contribution in [0.1, 0.15) is 10.4 Å². The highest BCUT2D eigenvalue weighted by Crippen LogP contribution is 2.26. The number of aromatic nitrogens is 2. The van der Waals surface area contributed by atoms with Gasteiger partial charge in [-0.1, -0.05) is 0 Å². The number of nitrogens with zero attached hydrogens (tertiary/aromatic N) is 2. The van der Waals surface area contributed by atoms with Gasteiger partial charge in [-0.25, -0.2) is 9.97 Å². The van der Waals surface area contributed by atoms with Gasteiger partial charge < -0.3 is 10.2 Å². The predicted molar refractivity (Wildman–Crippen MR) is 57.8 cm³/mol. The number of hydrogen-bond donors (Lipinski definition) is 1. The molecule has 78 valence electrons. The predicted octanol–water partition coefficient (Wildman–Crippen LogP) is 1.47. The second-order valence-corrected chi connectivity index (χ2v) is 3.39. The van der Waals surface area contributed by atoms with E-state index in [1.807, 2.05) is 0 Å². The summed E-state index contributed by atoms with van der Waals surface area (Å²) in [6.07, 6.45) is 2.96. The molecule has 0 radical (unpaired) electrons. The molecule has 0 aliphatic rings. The molecule has 0 atom stereocenters. The topological polar surface area (TPSA) is 82.0 Å². The van der Waals surface area contributed by atoms with Crippen LogP contribution in [0.2, 0.25) is 0 Å². The van der Waals surface area contributed by atoms with Gasteiger partial charge in [0.05, 0.1) is 17.3 Å². The molecule has 5 nitrogen and oxygen atoms in total. The molecule has 2 N–H and O–H groups in total. The molecule has 2 heterocycles. The Morgan fingerprint density at radius 3 is 3.06 bits per heavy atom. The number of amides is 1. The van der Waals surface area contributed by atoms with Gasteiger partial charge in [0, 0.05) is 5.39 Å². The highest BCUT2D eigenvalue weighted by atomic mass is 16.3. The zero-order valence-electron chi connectivity index (χ0n) is 8.18. The molecule has 1 aromatic carbocycles. The van der Waals surface area contributed by atoms with Gasteiger partial charge in [0.25, 0.3) is 0 Å². The summed E-state index contributed by atoms with van der Waals surface area (Å²) in [5.41, 5.74) is 7.49. The van der Waals surface area contributed by atoms with Crippen LogP contribution >= 0.6 is 0 Å². The minimum absolute atomic E-state index is 0.396. The van der Waals surface area contributed by atoms with Crippen molar-refractivity contribution in [2.24, 2.45) is 5.73 Å². The monoisotopic (exact) mass is 213 g/mol. The summed E-state index contributed by atoms with van der Waals surface area (Å²) in [4.78, 5) is 19.4. The van der Waals surface area contributed by atoms with E-state index < -0.39 is 5.91 Å². The average Bonchev–Trinajstić information content (AvgIpc) is 2.75. The van der Waals surface area contributed by atoms with Gasteiger partial charge in [0.15, 0.2) is 5.58 Å². The van der Waals surface area contributed by atoms with Gasteiger partial charge in [-0.05, 0) is 18.2 Å². The van der Waals surface area contributed by atoms with Gasteiger partial charge in [-0.3, -0.25) is 4.79 Å². The van der Waals surface area contributed by atoms with Crippen LogP contribution in [0, 0.1) is 0 Å². The standard InChI is InChI=1S/C11H7N3O2/c12-11(15)7-4-8-9(14-5-13-8)10-6(7)2-1-3-16-10/h1-5H,(H2,12,15). The SMILES string of the molecule is NC(=O)c1cc2ncnc2c2occcc12. The molecule has 0 saturated carbocycles. The molecule has 2 aromatic heterocycles. The van der Waals surface area contributed by atoms with Crippen molar-refractivity contribution in [1.29, 1.82) is 0 Å². The van der Waals surface area contributed by atoms with Crippen molar-refractivity contribution in [2.75, 3.05) is 0 Å². The first kappa shape index (κ1) is 8.84. The van der Waals surface area contributed by atoms with Gasteiger partial charge >= 0.3 is 0 Å². The Balaban J connectivity index is 2.60. The quantitative estimate of drug-likeness (QED) is 0.663. The van der Waals surface area contributed by atoms with E-state index in [9.17, 15) is 4.79 Å². The number of rotatable bonds is 1. The molecule has 16 heavy (non-hydrogen) atoms. The van der Waals surface area contributed by atoms with Crippen LogP contribution < -0.4 is 5.73 Å². The molecular weight excluding hydrogens is 206 g/mol. The Morgan fingerprint density at radius 2 is 2.25 bits per heavy atom. The molecule has 0 spiro atoms. The van der Waals surface area contributed by atoms with E-state index in [2.05, 4.69) is 9.97 Å². The van der Waals surface area contributed by atoms with Gasteiger partial charge in [-0.15, -0.1) is 0 Å². The number of fused-ring (bicyclic) bond motifs is 3. The Hall–Kier alpha value is -2.43. The van der Waals surface area contributed by atoms with E-state index in [0.717, 1.165) is 0 Å². The van der Waals surface area contributed by atoms with Gasteiger partial charge in [0.2, 0.25) is 5.91 Å². The molecular formula is C11H7N3O2. The molecule has 1 amide bonds. The van der Waals surface area contributed by atoms with E-state index in [0.29, 0.717) is 27.6 Å². The van der Waals surface area contributed by atoms with Crippen LogP contribution in [0.3, 0.4) is 0 Å². The number of hydrogen-bond acceptors (Lipinski definition) is 4. The maximum atomic E-state index is 11.3.